The molecule has 0 unspecified atom stereocenters. The highest BCUT2D eigenvalue weighted by Gasteiger charge is 2.33. The van der Waals surface area contributed by atoms with Crippen LogP contribution < -0.4 is 5.32 Å². The number of nitrogens with zero attached hydrogens (tertiary/aromatic N) is 3. The van der Waals surface area contributed by atoms with Gasteiger partial charge in [-0.2, -0.15) is 18.4 Å². The molecule has 0 fully saturated rings. The molecular formula is C20H17F3N4O. The summed E-state index contributed by atoms with van der Waals surface area (Å²) >= 11 is 0. The van der Waals surface area contributed by atoms with Crippen LogP contribution in [-0.2, 0) is 11.0 Å². The first-order chi connectivity index (χ1) is 13.4. The molecule has 1 aromatic heterocycles. The van der Waals surface area contributed by atoms with Crippen molar-refractivity contribution in [2.75, 3.05) is 25.0 Å². The van der Waals surface area contributed by atoms with Crippen molar-refractivity contribution in [1.29, 1.82) is 5.26 Å². The Bertz CT molecular complexity index is 947. The second-order valence-corrected chi connectivity index (χ2v) is 6.32. The van der Waals surface area contributed by atoms with Crippen molar-refractivity contribution in [3.63, 3.8) is 0 Å². The Morgan fingerprint density at radius 1 is 1.25 bits per heavy atom. The quantitative estimate of drug-likeness (QED) is 0.870. The molecule has 144 valence electrons. The second-order valence-electron chi connectivity index (χ2n) is 6.32. The molecule has 0 aliphatic carbocycles. The van der Waals surface area contributed by atoms with Crippen LogP contribution in [0.25, 0.3) is 5.57 Å². The first-order valence-electron chi connectivity index (χ1n) is 8.61. The number of rotatable bonds is 4. The highest BCUT2D eigenvalue weighted by atomic mass is 19.4. The maximum absolute atomic E-state index is 13.0. The van der Waals surface area contributed by atoms with Gasteiger partial charge in [0.05, 0.1) is 29.1 Å². The third kappa shape index (κ3) is 4.56. The number of para-hydroxylation sites is 1. The lowest BCUT2D eigenvalue weighted by atomic mass is 10.0. The van der Waals surface area contributed by atoms with Gasteiger partial charge in [0, 0.05) is 19.3 Å². The second kappa shape index (κ2) is 8.23. The number of nitriles is 1. The topological polar surface area (TPSA) is 69.0 Å². The fourth-order valence-corrected chi connectivity index (χ4v) is 3.05. The molecule has 1 aliphatic rings. The van der Waals surface area contributed by atoms with Crippen LogP contribution in [0.15, 0.2) is 48.7 Å². The minimum atomic E-state index is -4.53. The normalized spacial score (nSPS) is 14.9. The number of benzene rings is 1. The molecule has 2 heterocycles. The summed E-state index contributed by atoms with van der Waals surface area (Å²) in [5.74, 6) is -0.510. The Labute approximate surface area is 160 Å². The van der Waals surface area contributed by atoms with Crippen molar-refractivity contribution < 1.29 is 18.0 Å². The lowest BCUT2D eigenvalue weighted by molar-refractivity contribution is -0.137. The fourth-order valence-electron chi connectivity index (χ4n) is 3.05. The number of hydrogen-bond donors (Lipinski definition) is 1. The average Bonchev–Trinajstić information content (AvgIpc) is 2.68. The first kappa shape index (κ1) is 19.6. The number of hydrogen-bond acceptors (Lipinski definition) is 4. The van der Waals surface area contributed by atoms with Gasteiger partial charge in [0.1, 0.15) is 6.07 Å². The number of amides is 1. The Morgan fingerprint density at radius 3 is 2.71 bits per heavy atom. The van der Waals surface area contributed by atoms with E-state index in [0.29, 0.717) is 30.8 Å². The maximum Gasteiger partial charge on any atom is 0.418 e. The van der Waals surface area contributed by atoms with Crippen LogP contribution in [0, 0.1) is 11.3 Å². The Kier molecular flexibility index (Phi) is 5.76. The Morgan fingerprint density at radius 2 is 2.04 bits per heavy atom. The summed E-state index contributed by atoms with van der Waals surface area (Å²) in [4.78, 5) is 18.3. The fraction of sp³-hybridized carbons (Fsp3) is 0.250. The Balaban J connectivity index is 1.63. The monoisotopic (exact) mass is 386 g/mol. The molecule has 1 N–H and O–H groups in total. The van der Waals surface area contributed by atoms with Crippen LogP contribution in [0.3, 0.4) is 0 Å². The van der Waals surface area contributed by atoms with E-state index in [0.717, 1.165) is 11.6 Å². The van der Waals surface area contributed by atoms with Crippen molar-refractivity contribution in [3.8, 4) is 6.07 Å². The van der Waals surface area contributed by atoms with Gasteiger partial charge in [-0.05, 0) is 36.3 Å². The lowest BCUT2D eigenvalue weighted by Crippen LogP contribution is -2.36. The van der Waals surface area contributed by atoms with Crippen LogP contribution in [0.4, 0.5) is 18.9 Å². The van der Waals surface area contributed by atoms with Gasteiger partial charge in [0.2, 0.25) is 5.91 Å². The number of pyridine rings is 1. The maximum atomic E-state index is 13.0. The molecule has 0 bridgehead atoms. The third-order valence-electron chi connectivity index (χ3n) is 4.40. The van der Waals surface area contributed by atoms with Crippen LogP contribution in [-0.4, -0.2) is 35.4 Å². The number of carbonyl (C=O) groups is 1. The molecule has 28 heavy (non-hydrogen) atoms. The van der Waals surface area contributed by atoms with Gasteiger partial charge >= 0.3 is 6.18 Å². The van der Waals surface area contributed by atoms with Crippen molar-refractivity contribution in [1.82, 2.24) is 9.88 Å². The van der Waals surface area contributed by atoms with Crippen molar-refractivity contribution in [2.45, 2.75) is 12.6 Å². The molecule has 0 atom stereocenters. The van der Waals surface area contributed by atoms with Crippen LogP contribution >= 0.6 is 0 Å². The molecular weight excluding hydrogens is 369 g/mol. The largest absolute Gasteiger partial charge is 0.418 e. The van der Waals surface area contributed by atoms with E-state index in [1.807, 2.05) is 11.0 Å². The van der Waals surface area contributed by atoms with Crippen molar-refractivity contribution in [3.05, 3.63) is 65.5 Å². The van der Waals surface area contributed by atoms with E-state index in [-0.39, 0.29) is 12.2 Å². The van der Waals surface area contributed by atoms with Gasteiger partial charge in [-0.15, -0.1) is 0 Å². The van der Waals surface area contributed by atoms with E-state index < -0.39 is 17.6 Å². The minimum Gasteiger partial charge on any atom is -0.324 e. The highest BCUT2D eigenvalue weighted by molar-refractivity contribution is 5.93. The number of carbonyl (C=O) groups excluding carboxylic acids is 1. The van der Waals surface area contributed by atoms with Gasteiger partial charge in [0.15, 0.2) is 0 Å². The van der Waals surface area contributed by atoms with Crippen LogP contribution in [0.1, 0.15) is 23.2 Å². The number of alkyl halides is 3. The standard InChI is InChI=1S/C20H17F3N4O/c21-20(22,23)16-5-1-2-6-17(16)26-18(28)13-27-10-7-14(8-11-27)19-15(12-24)4-3-9-25-19/h1-7,9H,8,10-11,13H2,(H,26,28). The molecule has 1 amide bonds. The Hall–Kier alpha value is -3.18. The van der Waals surface area contributed by atoms with Gasteiger partial charge in [-0.25, -0.2) is 0 Å². The molecule has 0 saturated heterocycles. The molecule has 0 radical (unpaired) electrons. The number of nitrogens with one attached hydrogen (secondary N) is 1. The SMILES string of the molecule is N#Cc1cccnc1C1=CCN(CC(=O)Nc2ccccc2C(F)(F)F)CC1. The molecule has 0 spiro atoms. The number of halogens is 3. The highest BCUT2D eigenvalue weighted by Crippen LogP contribution is 2.34. The lowest BCUT2D eigenvalue weighted by Gasteiger charge is -2.26. The molecule has 2 aromatic rings. The smallest absolute Gasteiger partial charge is 0.324 e. The van der Waals surface area contributed by atoms with Gasteiger partial charge in [-0.3, -0.25) is 14.7 Å². The van der Waals surface area contributed by atoms with Crippen molar-refractivity contribution in [2.24, 2.45) is 0 Å². The van der Waals surface area contributed by atoms with E-state index in [1.54, 1.807) is 18.3 Å². The zero-order valence-corrected chi connectivity index (χ0v) is 14.8. The van der Waals surface area contributed by atoms with Gasteiger partial charge in [0.25, 0.3) is 0 Å². The summed E-state index contributed by atoms with van der Waals surface area (Å²) in [7, 11) is 0. The minimum absolute atomic E-state index is 0.0245. The van der Waals surface area contributed by atoms with E-state index in [9.17, 15) is 23.2 Å². The zero-order chi connectivity index (χ0) is 20.1. The summed E-state index contributed by atoms with van der Waals surface area (Å²) in [5.41, 5.74) is 0.928. The molecule has 1 aliphatic heterocycles. The van der Waals surface area contributed by atoms with E-state index in [4.69, 9.17) is 0 Å². The van der Waals surface area contributed by atoms with Gasteiger partial charge in [-0.1, -0.05) is 18.2 Å². The summed E-state index contributed by atoms with van der Waals surface area (Å²) in [6.07, 6.45) is -0.426. The molecule has 5 nitrogen and oxygen atoms in total. The van der Waals surface area contributed by atoms with Gasteiger partial charge < -0.3 is 5.32 Å². The van der Waals surface area contributed by atoms with Crippen molar-refractivity contribution >= 4 is 17.2 Å². The predicted octanol–water partition coefficient (Wildman–Crippen LogP) is 3.70. The van der Waals surface area contributed by atoms with Crippen LogP contribution in [0.5, 0.6) is 0 Å². The third-order valence-corrected chi connectivity index (χ3v) is 4.40. The molecule has 3 rings (SSSR count). The predicted molar refractivity (Wildman–Crippen MR) is 98.1 cm³/mol. The van der Waals surface area contributed by atoms with E-state index >= 15 is 0 Å². The summed E-state index contributed by atoms with van der Waals surface area (Å²) in [5, 5.41) is 11.5. The van der Waals surface area contributed by atoms with Crippen LogP contribution in [0.2, 0.25) is 0 Å². The summed E-state index contributed by atoms with van der Waals surface area (Å²) < 4.78 is 39.1. The zero-order valence-electron chi connectivity index (χ0n) is 14.8. The first-order valence-corrected chi connectivity index (χ1v) is 8.61. The summed E-state index contributed by atoms with van der Waals surface area (Å²) in [6.45, 7) is 0.968. The van der Waals surface area contributed by atoms with E-state index in [1.165, 1.54) is 18.2 Å². The average molecular weight is 386 g/mol. The van der Waals surface area contributed by atoms with E-state index in [2.05, 4.69) is 16.4 Å². The molecule has 8 heteroatoms. The molecule has 1 aromatic carbocycles. The summed E-state index contributed by atoms with van der Waals surface area (Å²) in [6, 6.07) is 10.4. The molecule has 0 saturated carbocycles. The number of anilines is 1. The number of aromatic nitrogens is 1.